The van der Waals surface area contributed by atoms with E-state index in [2.05, 4.69) is 0 Å². The Morgan fingerprint density at radius 3 is 2.65 bits per heavy atom. The highest BCUT2D eigenvalue weighted by molar-refractivity contribution is 6.31. The molecule has 2 fully saturated rings. The number of benzene rings is 2. The summed E-state index contributed by atoms with van der Waals surface area (Å²) >= 11 is 6.29. The van der Waals surface area contributed by atoms with Crippen molar-refractivity contribution in [3.63, 3.8) is 0 Å². The van der Waals surface area contributed by atoms with Crippen molar-refractivity contribution in [2.24, 2.45) is 0 Å². The molecular weight excluding hydrogens is 498 g/mol. The van der Waals surface area contributed by atoms with Crippen LogP contribution in [0.15, 0.2) is 48.7 Å². The molecule has 1 unspecified atom stereocenters. The van der Waals surface area contributed by atoms with Crippen LogP contribution >= 0.6 is 11.6 Å². The van der Waals surface area contributed by atoms with Gasteiger partial charge in [-0.05, 0) is 18.2 Å². The van der Waals surface area contributed by atoms with E-state index < -0.39 is 11.7 Å². The van der Waals surface area contributed by atoms with Gasteiger partial charge in [-0.25, -0.2) is 9.59 Å². The van der Waals surface area contributed by atoms with E-state index in [-0.39, 0.29) is 24.5 Å². The van der Waals surface area contributed by atoms with Gasteiger partial charge < -0.3 is 28.9 Å². The van der Waals surface area contributed by atoms with Crippen molar-refractivity contribution in [1.82, 2.24) is 14.4 Å². The molecule has 6 rings (SSSR count). The van der Waals surface area contributed by atoms with Crippen LogP contribution < -0.4 is 0 Å². The Morgan fingerprint density at radius 2 is 1.86 bits per heavy atom. The number of aromatic nitrogens is 1. The maximum absolute atomic E-state index is 13.7. The largest absolute Gasteiger partial charge is 0.465 e. The predicted octanol–water partition coefficient (Wildman–Crippen LogP) is 3.98. The average Bonchev–Trinajstić information content (AvgIpc) is 3.39. The van der Waals surface area contributed by atoms with Crippen LogP contribution in [0.5, 0.6) is 0 Å². The van der Waals surface area contributed by atoms with Gasteiger partial charge in [-0.2, -0.15) is 0 Å². The number of hydrogen-bond acceptors (Lipinski definition) is 5. The molecule has 1 atom stereocenters. The average molecular weight is 524 g/mol. The highest BCUT2D eigenvalue weighted by Crippen LogP contribution is 2.44. The van der Waals surface area contributed by atoms with E-state index in [1.165, 1.54) is 4.90 Å². The number of rotatable bonds is 3. The van der Waals surface area contributed by atoms with Crippen LogP contribution in [-0.4, -0.2) is 76.3 Å². The molecular formula is C27H26ClN3O6. The second-order valence-corrected chi connectivity index (χ2v) is 10.2. The van der Waals surface area contributed by atoms with Crippen molar-refractivity contribution in [3.05, 3.63) is 70.4 Å². The zero-order valence-electron chi connectivity index (χ0n) is 20.1. The first kappa shape index (κ1) is 23.8. The van der Waals surface area contributed by atoms with Gasteiger partial charge in [0.05, 0.1) is 42.4 Å². The molecule has 0 radical (unpaired) electrons. The SMILES string of the molecule is O=C1OC2(CCN(C(=O)c3cn(CC4CN(C(=O)O)CCO4)c4cc(Cl)ccc34)CC2)c2ccccc21. The van der Waals surface area contributed by atoms with Gasteiger partial charge in [0.1, 0.15) is 5.60 Å². The van der Waals surface area contributed by atoms with Crippen molar-refractivity contribution in [2.75, 3.05) is 32.8 Å². The lowest BCUT2D eigenvalue weighted by molar-refractivity contribution is -0.0389. The Kier molecular flexibility index (Phi) is 5.84. The number of nitrogens with zero attached hydrogens (tertiary/aromatic N) is 3. The van der Waals surface area contributed by atoms with E-state index in [1.807, 2.05) is 41.1 Å². The molecule has 10 heteroatoms. The number of esters is 1. The van der Waals surface area contributed by atoms with Crippen LogP contribution in [0, 0.1) is 0 Å². The van der Waals surface area contributed by atoms with Gasteiger partial charge in [0.25, 0.3) is 5.91 Å². The van der Waals surface area contributed by atoms with Crippen LogP contribution in [0.4, 0.5) is 4.79 Å². The number of halogens is 1. The van der Waals surface area contributed by atoms with Gasteiger partial charge >= 0.3 is 12.1 Å². The third-order valence-corrected chi connectivity index (χ3v) is 7.90. The molecule has 1 spiro atoms. The number of piperidine rings is 1. The normalized spacial score (nSPS) is 20.8. The van der Waals surface area contributed by atoms with Gasteiger partial charge in [-0.3, -0.25) is 4.79 Å². The van der Waals surface area contributed by atoms with Crippen LogP contribution in [0.1, 0.15) is 39.1 Å². The molecule has 0 bridgehead atoms. The number of fused-ring (bicyclic) bond motifs is 3. The lowest BCUT2D eigenvalue weighted by Gasteiger charge is -2.38. The summed E-state index contributed by atoms with van der Waals surface area (Å²) in [5.41, 5.74) is 2.17. The first-order valence-corrected chi connectivity index (χ1v) is 12.7. The summed E-state index contributed by atoms with van der Waals surface area (Å²) in [5, 5.41) is 10.7. The molecule has 4 heterocycles. The molecule has 3 aromatic rings. The van der Waals surface area contributed by atoms with Crippen molar-refractivity contribution in [3.8, 4) is 0 Å². The van der Waals surface area contributed by atoms with Crippen molar-refractivity contribution >= 4 is 40.5 Å². The summed E-state index contributed by atoms with van der Waals surface area (Å²) < 4.78 is 13.6. The first-order valence-electron chi connectivity index (χ1n) is 12.3. The van der Waals surface area contributed by atoms with Crippen molar-refractivity contribution in [2.45, 2.75) is 31.1 Å². The summed E-state index contributed by atoms with van der Waals surface area (Å²) in [6.07, 6.45) is 1.57. The molecule has 3 aliphatic heterocycles. The van der Waals surface area contributed by atoms with Gasteiger partial charge in [-0.15, -0.1) is 0 Å². The Bertz CT molecular complexity index is 1410. The molecule has 1 aromatic heterocycles. The molecule has 0 aliphatic carbocycles. The molecule has 2 amide bonds. The third kappa shape index (κ3) is 4.12. The standard InChI is InChI=1S/C27H26ClN3O6/c28-17-5-6-19-21(16-31(23(19)13-17)15-18-14-30(26(34)35)11-12-36-18)24(32)29-9-7-27(8-10-29)22-4-2-1-3-20(22)25(33)37-27/h1-6,13,16,18H,7-12,14-15H2,(H,34,35). The molecule has 37 heavy (non-hydrogen) atoms. The molecule has 2 saturated heterocycles. The minimum Gasteiger partial charge on any atom is -0.465 e. The van der Waals surface area contributed by atoms with E-state index in [9.17, 15) is 19.5 Å². The van der Waals surface area contributed by atoms with Crippen LogP contribution in [-0.2, 0) is 21.6 Å². The Hall–Kier alpha value is -3.56. The second kappa shape index (κ2) is 9.08. The summed E-state index contributed by atoms with van der Waals surface area (Å²) in [7, 11) is 0. The number of hydrogen-bond donors (Lipinski definition) is 1. The summed E-state index contributed by atoms with van der Waals surface area (Å²) in [5.74, 6) is -0.406. The van der Waals surface area contributed by atoms with Crippen LogP contribution in [0.3, 0.4) is 0 Å². The Balaban J connectivity index is 1.24. The number of carbonyl (C=O) groups is 3. The lowest BCUT2D eigenvalue weighted by Crippen LogP contribution is -2.46. The van der Waals surface area contributed by atoms with E-state index in [0.717, 1.165) is 16.5 Å². The fraction of sp³-hybridized carbons (Fsp3) is 0.370. The summed E-state index contributed by atoms with van der Waals surface area (Å²) in [6, 6.07) is 12.9. The lowest BCUT2D eigenvalue weighted by atomic mass is 9.83. The fourth-order valence-corrected chi connectivity index (χ4v) is 5.93. The van der Waals surface area contributed by atoms with Crippen molar-refractivity contribution < 1.29 is 29.0 Å². The van der Waals surface area contributed by atoms with E-state index in [4.69, 9.17) is 21.1 Å². The number of carboxylic acid groups (broad SMARTS) is 1. The molecule has 1 N–H and O–H groups in total. The zero-order valence-corrected chi connectivity index (χ0v) is 20.8. The number of likely N-dealkylation sites (tertiary alicyclic amines) is 1. The van der Waals surface area contributed by atoms with Gasteiger partial charge in [0.2, 0.25) is 0 Å². The number of ether oxygens (including phenoxy) is 2. The maximum atomic E-state index is 13.7. The Morgan fingerprint density at radius 1 is 1.08 bits per heavy atom. The predicted molar refractivity (Wildman–Crippen MR) is 135 cm³/mol. The zero-order chi connectivity index (χ0) is 25.7. The smallest absolute Gasteiger partial charge is 0.407 e. The van der Waals surface area contributed by atoms with Crippen LogP contribution in [0.25, 0.3) is 10.9 Å². The number of amides is 2. The van der Waals surface area contributed by atoms with Gasteiger partial charge in [-0.1, -0.05) is 35.9 Å². The van der Waals surface area contributed by atoms with Gasteiger partial charge in [0, 0.05) is 54.6 Å². The van der Waals surface area contributed by atoms with Crippen molar-refractivity contribution in [1.29, 1.82) is 0 Å². The van der Waals surface area contributed by atoms with E-state index in [0.29, 0.717) is 61.8 Å². The van der Waals surface area contributed by atoms with Crippen LogP contribution in [0.2, 0.25) is 5.02 Å². The fourth-order valence-electron chi connectivity index (χ4n) is 5.77. The molecule has 192 valence electrons. The minimum absolute atomic E-state index is 0.102. The minimum atomic E-state index is -0.969. The third-order valence-electron chi connectivity index (χ3n) is 7.67. The topological polar surface area (TPSA) is 101 Å². The molecule has 2 aromatic carbocycles. The molecule has 3 aliphatic rings. The second-order valence-electron chi connectivity index (χ2n) is 9.80. The monoisotopic (exact) mass is 523 g/mol. The highest BCUT2D eigenvalue weighted by Gasteiger charge is 2.47. The summed E-state index contributed by atoms with van der Waals surface area (Å²) in [6.45, 7) is 2.23. The number of morpholine rings is 1. The van der Waals surface area contributed by atoms with E-state index in [1.54, 1.807) is 17.0 Å². The van der Waals surface area contributed by atoms with Gasteiger partial charge in [0.15, 0.2) is 0 Å². The van der Waals surface area contributed by atoms with E-state index >= 15 is 0 Å². The number of carbonyl (C=O) groups excluding carboxylic acids is 2. The molecule has 0 saturated carbocycles. The first-order chi connectivity index (χ1) is 17.8. The highest BCUT2D eigenvalue weighted by atomic mass is 35.5. The quantitative estimate of drug-likeness (QED) is 0.521. The Labute approximate surface area is 218 Å². The summed E-state index contributed by atoms with van der Waals surface area (Å²) in [4.78, 5) is 40.7. The molecule has 9 nitrogen and oxygen atoms in total. The maximum Gasteiger partial charge on any atom is 0.407 e.